The Balaban J connectivity index is 0.00000196. The molecule has 8 heteroatoms. The molecule has 140 valence electrons. The fraction of sp³-hybridized carbons (Fsp3) is 0.500. The third-order valence-corrected chi connectivity index (χ3v) is 5.48. The normalized spacial score (nSPS) is 18.7. The molecular formula is C18H23Cl2N5O. The van der Waals surface area contributed by atoms with Crippen LogP contribution in [0.3, 0.4) is 0 Å². The van der Waals surface area contributed by atoms with Crippen molar-refractivity contribution in [3.63, 3.8) is 0 Å². The number of carbonyl (C=O) groups excluding carboxylic acids is 1. The summed E-state index contributed by atoms with van der Waals surface area (Å²) in [6.45, 7) is 2.40. The molecule has 0 aliphatic heterocycles. The second-order valence-corrected chi connectivity index (χ2v) is 7.69. The van der Waals surface area contributed by atoms with E-state index in [1.165, 1.54) is 0 Å². The minimum Gasteiger partial charge on any atom is -0.343 e. The number of hydrogen-bond donors (Lipinski definition) is 2. The zero-order chi connectivity index (χ0) is 17.6. The molecule has 0 bridgehead atoms. The molecule has 2 aliphatic rings. The highest BCUT2D eigenvalue weighted by Crippen LogP contribution is 2.41. The van der Waals surface area contributed by atoms with E-state index in [0.29, 0.717) is 23.4 Å². The Kier molecular flexibility index (Phi) is 5.28. The number of halogens is 2. The number of aromatic nitrogens is 3. The number of nitrogens with one attached hydrogen (secondary N) is 1. The molecule has 0 spiro atoms. The number of rotatable bonds is 6. The SMILES string of the molecule is CC(CN)(NC(=O)c1nc(C2CC2)n(-c2ccccc2Cl)n1)C1CC1.Cl. The molecule has 3 N–H and O–H groups in total. The predicted octanol–water partition coefficient (Wildman–Crippen LogP) is 3.08. The van der Waals surface area contributed by atoms with E-state index < -0.39 is 5.54 Å². The summed E-state index contributed by atoms with van der Waals surface area (Å²) in [6.07, 6.45) is 4.32. The van der Waals surface area contributed by atoms with Gasteiger partial charge in [-0.2, -0.15) is 0 Å². The summed E-state index contributed by atoms with van der Waals surface area (Å²) >= 11 is 6.32. The van der Waals surface area contributed by atoms with Crippen LogP contribution >= 0.6 is 24.0 Å². The molecule has 2 saturated carbocycles. The highest BCUT2D eigenvalue weighted by atomic mass is 35.5. The van der Waals surface area contributed by atoms with Crippen molar-refractivity contribution in [2.45, 2.75) is 44.1 Å². The van der Waals surface area contributed by atoms with Crippen LogP contribution in [0.25, 0.3) is 5.69 Å². The molecule has 0 radical (unpaired) electrons. The predicted molar refractivity (Wildman–Crippen MR) is 103 cm³/mol. The van der Waals surface area contributed by atoms with Crippen molar-refractivity contribution in [2.75, 3.05) is 6.54 Å². The van der Waals surface area contributed by atoms with E-state index in [1.807, 2.05) is 31.2 Å². The highest BCUT2D eigenvalue weighted by molar-refractivity contribution is 6.32. The van der Waals surface area contributed by atoms with Crippen LogP contribution in [-0.4, -0.2) is 32.8 Å². The molecule has 6 nitrogen and oxygen atoms in total. The van der Waals surface area contributed by atoms with E-state index in [0.717, 1.165) is 37.2 Å². The highest BCUT2D eigenvalue weighted by Gasteiger charge is 2.42. The van der Waals surface area contributed by atoms with Crippen molar-refractivity contribution in [1.82, 2.24) is 20.1 Å². The number of benzene rings is 1. The third-order valence-electron chi connectivity index (χ3n) is 5.16. The molecule has 26 heavy (non-hydrogen) atoms. The molecular weight excluding hydrogens is 373 g/mol. The van der Waals surface area contributed by atoms with Gasteiger partial charge in [0.15, 0.2) is 0 Å². The Hall–Kier alpha value is -1.63. The van der Waals surface area contributed by atoms with Crippen molar-refractivity contribution in [3.8, 4) is 5.69 Å². The van der Waals surface area contributed by atoms with Crippen molar-refractivity contribution < 1.29 is 4.79 Å². The fourth-order valence-corrected chi connectivity index (χ4v) is 3.40. The third kappa shape index (κ3) is 3.59. The minimum atomic E-state index is -0.396. The Morgan fingerprint density at radius 2 is 2.04 bits per heavy atom. The van der Waals surface area contributed by atoms with Gasteiger partial charge in [0.2, 0.25) is 5.82 Å². The fourth-order valence-electron chi connectivity index (χ4n) is 3.18. The van der Waals surface area contributed by atoms with Crippen LogP contribution in [0.1, 0.15) is 55.0 Å². The molecule has 2 aliphatic carbocycles. The Bertz CT molecular complexity index is 816. The summed E-state index contributed by atoms with van der Waals surface area (Å²) < 4.78 is 1.71. The average Bonchev–Trinajstić information content (AvgIpc) is 3.52. The smallest absolute Gasteiger partial charge is 0.291 e. The molecule has 1 aromatic carbocycles. The van der Waals surface area contributed by atoms with Crippen LogP contribution in [-0.2, 0) is 0 Å². The lowest BCUT2D eigenvalue weighted by molar-refractivity contribution is 0.0887. The van der Waals surface area contributed by atoms with Gasteiger partial charge in [-0.15, -0.1) is 17.5 Å². The summed E-state index contributed by atoms with van der Waals surface area (Å²) in [5.74, 6) is 1.50. The molecule has 1 heterocycles. The van der Waals surface area contributed by atoms with Gasteiger partial charge in [0.05, 0.1) is 16.2 Å². The Labute approximate surface area is 163 Å². The molecule has 4 rings (SSSR count). The first kappa shape index (κ1) is 19.1. The van der Waals surface area contributed by atoms with E-state index in [4.69, 9.17) is 17.3 Å². The van der Waals surface area contributed by atoms with Crippen LogP contribution in [0, 0.1) is 5.92 Å². The van der Waals surface area contributed by atoms with E-state index in [-0.39, 0.29) is 24.1 Å². The van der Waals surface area contributed by atoms with Crippen molar-refractivity contribution >= 4 is 29.9 Å². The van der Waals surface area contributed by atoms with Gasteiger partial charge >= 0.3 is 0 Å². The van der Waals surface area contributed by atoms with Crippen LogP contribution < -0.4 is 11.1 Å². The molecule has 1 unspecified atom stereocenters. The maximum Gasteiger partial charge on any atom is 0.291 e. The van der Waals surface area contributed by atoms with E-state index in [2.05, 4.69) is 15.4 Å². The van der Waals surface area contributed by atoms with Gasteiger partial charge in [0.1, 0.15) is 5.82 Å². The lowest BCUT2D eigenvalue weighted by atomic mass is 9.96. The Morgan fingerprint density at radius 3 is 2.62 bits per heavy atom. The molecule has 1 atom stereocenters. The molecule has 1 amide bonds. The first-order chi connectivity index (χ1) is 12.0. The van der Waals surface area contributed by atoms with Gasteiger partial charge < -0.3 is 11.1 Å². The number of para-hydroxylation sites is 1. The maximum absolute atomic E-state index is 12.7. The Morgan fingerprint density at radius 1 is 1.35 bits per heavy atom. The van der Waals surface area contributed by atoms with Gasteiger partial charge in [0.25, 0.3) is 5.91 Å². The van der Waals surface area contributed by atoms with Crippen LogP contribution in [0.4, 0.5) is 0 Å². The monoisotopic (exact) mass is 395 g/mol. The average molecular weight is 396 g/mol. The van der Waals surface area contributed by atoms with Crippen LogP contribution in [0.15, 0.2) is 24.3 Å². The summed E-state index contributed by atoms with van der Waals surface area (Å²) in [6, 6.07) is 7.47. The first-order valence-corrected chi connectivity index (χ1v) is 9.14. The zero-order valence-electron chi connectivity index (χ0n) is 14.6. The number of nitrogens with zero attached hydrogens (tertiary/aromatic N) is 3. The quantitative estimate of drug-likeness (QED) is 0.786. The second-order valence-electron chi connectivity index (χ2n) is 7.28. The zero-order valence-corrected chi connectivity index (χ0v) is 16.2. The topological polar surface area (TPSA) is 85.8 Å². The van der Waals surface area contributed by atoms with E-state index in [1.54, 1.807) is 4.68 Å². The van der Waals surface area contributed by atoms with Crippen LogP contribution in [0.5, 0.6) is 0 Å². The van der Waals surface area contributed by atoms with Crippen molar-refractivity contribution in [1.29, 1.82) is 0 Å². The minimum absolute atomic E-state index is 0. The number of carbonyl (C=O) groups is 1. The van der Waals surface area contributed by atoms with E-state index in [9.17, 15) is 4.79 Å². The summed E-state index contributed by atoms with van der Waals surface area (Å²) in [4.78, 5) is 17.3. The standard InChI is InChI=1S/C18H22ClN5O.ClH/c1-18(10-20,12-8-9-12)22-17(25)15-21-16(11-6-7-11)24(23-15)14-5-3-2-4-13(14)19;/h2-5,11-12H,6-10,20H2,1H3,(H,22,25);1H. The second kappa shape index (κ2) is 7.18. The summed E-state index contributed by atoms with van der Waals surface area (Å²) in [5, 5.41) is 8.11. The largest absolute Gasteiger partial charge is 0.343 e. The summed E-state index contributed by atoms with van der Waals surface area (Å²) in [7, 11) is 0. The van der Waals surface area contributed by atoms with Crippen molar-refractivity contribution in [2.24, 2.45) is 11.7 Å². The van der Waals surface area contributed by atoms with Gasteiger partial charge in [-0.3, -0.25) is 4.79 Å². The molecule has 2 fully saturated rings. The lowest BCUT2D eigenvalue weighted by Gasteiger charge is -2.28. The van der Waals surface area contributed by atoms with E-state index >= 15 is 0 Å². The molecule has 1 aromatic heterocycles. The van der Waals surface area contributed by atoms with Gasteiger partial charge in [0, 0.05) is 12.5 Å². The summed E-state index contributed by atoms with van der Waals surface area (Å²) in [5.41, 5.74) is 6.26. The van der Waals surface area contributed by atoms with Gasteiger partial charge in [-0.1, -0.05) is 23.7 Å². The number of nitrogens with two attached hydrogens (primary N) is 1. The van der Waals surface area contributed by atoms with Gasteiger partial charge in [-0.25, -0.2) is 9.67 Å². The number of hydrogen-bond acceptors (Lipinski definition) is 4. The first-order valence-electron chi connectivity index (χ1n) is 8.76. The molecule has 0 saturated heterocycles. The lowest BCUT2D eigenvalue weighted by Crippen LogP contribution is -2.53. The maximum atomic E-state index is 12.7. The van der Waals surface area contributed by atoms with Gasteiger partial charge in [-0.05, 0) is 50.7 Å². The van der Waals surface area contributed by atoms with Crippen molar-refractivity contribution in [3.05, 3.63) is 40.9 Å². The van der Waals surface area contributed by atoms with Crippen LogP contribution in [0.2, 0.25) is 5.02 Å². The number of amides is 1. The molecule has 2 aromatic rings.